The Bertz CT molecular complexity index is 3450. The molecular weight excluding hydrogens is 1310 g/mol. The van der Waals surface area contributed by atoms with Gasteiger partial charge in [0.05, 0.1) is 107 Å². The van der Waals surface area contributed by atoms with E-state index < -0.39 is 173 Å². The fourth-order valence-corrected chi connectivity index (χ4v) is 12.8. The number of aromatic hydroxyl groups is 2. The molecule has 34 nitrogen and oxygen atoms in total. The van der Waals surface area contributed by atoms with Crippen molar-refractivity contribution >= 4 is 96.9 Å². The van der Waals surface area contributed by atoms with Gasteiger partial charge < -0.3 is 95.3 Å². The number of ketones is 2. The van der Waals surface area contributed by atoms with Crippen molar-refractivity contribution < 1.29 is 117 Å². The van der Waals surface area contributed by atoms with Crippen LogP contribution >= 0.6 is 39.6 Å². The number of aliphatic imine (C=N–C) groups is 1. The summed E-state index contributed by atoms with van der Waals surface area (Å²) < 4.78 is 46.5. The first-order valence-corrected chi connectivity index (χ1v) is 32.4. The minimum atomic E-state index is -5.58. The van der Waals surface area contributed by atoms with Gasteiger partial charge in [0.2, 0.25) is 16.8 Å². The second-order valence-electron chi connectivity index (χ2n) is 22.1. The number of nitrogens with two attached hydrogens (primary N) is 1. The number of aliphatic carboxylic acids is 2. The van der Waals surface area contributed by atoms with E-state index in [4.69, 9.17) is 49.1 Å². The second kappa shape index (κ2) is 32.5. The molecule has 2 aliphatic carbocycles. The van der Waals surface area contributed by atoms with Gasteiger partial charge in [0.25, 0.3) is 11.0 Å². The van der Waals surface area contributed by atoms with E-state index in [9.17, 15) is 98.3 Å². The Morgan fingerprint density at radius 1 is 0.892 bits per heavy atom. The number of ether oxygens (including phenoxy) is 4. The number of rotatable bonds is 32. The first kappa shape index (κ1) is 75.1. The number of phenolic OH excluding ortho intramolecular Hbond substituents is 2. The van der Waals surface area contributed by atoms with Crippen LogP contribution in [0, 0.1) is 0 Å². The van der Waals surface area contributed by atoms with Crippen LogP contribution in [0.4, 0.5) is 0 Å². The summed E-state index contributed by atoms with van der Waals surface area (Å²) in [6.45, 7) is -2.95. The van der Waals surface area contributed by atoms with Crippen LogP contribution in [0.3, 0.4) is 0 Å². The van der Waals surface area contributed by atoms with E-state index in [1.807, 2.05) is 0 Å². The average molecular weight is 1390 g/mol. The number of carboxylic acid groups (broad SMARTS) is 2. The SMILES string of the molecule is COc1cccc2c1C(=O)c1c(O)c3c(c(O)c1C2=O)C[C@@](O)(C(CO)=NCC(=S)CNC(=O)CN(CCN(CC(=O)O)CC(=O)NNC(=S)N/N=C/c1cccc(OCCCN(C)CCC(O)(P(=O)(O)O)P(=O)(O)O)c1)CC(=O)O)C[C@@H]3O[C@H]1C[C@H](N)[C@H](O)[C@H](C)O1. The van der Waals surface area contributed by atoms with E-state index in [-0.39, 0.29) is 89.4 Å². The molecule has 1 saturated heterocycles. The van der Waals surface area contributed by atoms with E-state index in [1.54, 1.807) is 24.3 Å². The highest BCUT2D eigenvalue weighted by Gasteiger charge is 2.59. The number of fused-ring (bicyclic) bond motifs is 3. The van der Waals surface area contributed by atoms with Crippen LogP contribution in [0.15, 0.2) is 52.6 Å². The molecule has 3 aliphatic rings. The van der Waals surface area contributed by atoms with Crippen LogP contribution in [0.2, 0.25) is 0 Å². The van der Waals surface area contributed by atoms with Crippen molar-refractivity contribution in [2.75, 3.05) is 92.8 Å². The van der Waals surface area contributed by atoms with Crippen LogP contribution in [0.1, 0.15) is 87.2 Å². The number of carbonyl (C=O) groups excluding carboxylic acids is 4. The monoisotopic (exact) mass is 1380 g/mol. The van der Waals surface area contributed by atoms with Crippen molar-refractivity contribution in [3.05, 3.63) is 81.4 Å². The molecule has 1 aliphatic heterocycles. The van der Waals surface area contributed by atoms with Gasteiger partial charge in [0.15, 0.2) is 12.1 Å². The molecule has 3 aromatic carbocycles. The number of nitrogens with zero attached hydrogens (tertiary/aromatic N) is 5. The van der Waals surface area contributed by atoms with Crippen molar-refractivity contribution in [2.24, 2.45) is 15.8 Å². The van der Waals surface area contributed by atoms with Crippen molar-refractivity contribution in [1.82, 2.24) is 36.3 Å². The minimum absolute atomic E-state index is 0.0249. The lowest BCUT2D eigenvalue weighted by molar-refractivity contribution is -0.245. The molecule has 93 heavy (non-hydrogen) atoms. The number of phenols is 2. The average Bonchev–Trinajstić information content (AvgIpc) is 0.711. The number of nitrogens with one attached hydrogen (secondary N) is 4. The van der Waals surface area contributed by atoms with Crippen LogP contribution in [-0.2, 0) is 44.2 Å². The first-order chi connectivity index (χ1) is 43.6. The van der Waals surface area contributed by atoms with Gasteiger partial charge in [-0.3, -0.25) is 69.0 Å². The third kappa shape index (κ3) is 19.4. The van der Waals surface area contributed by atoms with Gasteiger partial charge in [0, 0.05) is 79.5 Å². The molecule has 1 fully saturated rings. The number of benzene rings is 3. The zero-order valence-corrected chi connectivity index (χ0v) is 53.7. The largest absolute Gasteiger partial charge is 0.507 e. The molecular formula is C55H74N10O24P2S2. The molecule has 1 heterocycles. The number of hydrazone groups is 1. The fraction of sp³-hybridized carbons (Fsp3) is 0.491. The second-order valence-corrected chi connectivity index (χ2v) is 27.1. The summed E-state index contributed by atoms with van der Waals surface area (Å²) in [4.78, 5) is 124. The molecule has 0 aromatic heterocycles. The number of methoxy groups -OCH3 is 1. The number of carboxylic acids is 2. The lowest BCUT2D eigenvalue weighted by atomic mass is 9.71. The van der Waals surface area contributed by atoms with Crippen LogP contribution in [0.5, 0.6) is 23.0 Å². The Balaban J connectivity index is 1.00. The highest BCUT2D eigenvalue weighted by molar-refractivity contribution is 7.80. The quantitative estimate of drug-likeness (QED) is 0.00613. The first-order valence-electron chi connectivity index (χ1n) is 28.4. The molecule has 510 valence electrons. The summed E-state index contributed by atoms with van der Waals surface area (Å²) in [5, 5.41) is 89.8. The third-order valence-electron chi connectivity index (χ3n) is 15.2. The molecule has 0 radical (unpaired) electrons. The van der Waals surface area contributed by atoms with Gasteiger partial charge in [0.1, 0.15) is 28.6 Å². The molecule has 38 heteroatoms. The van der Waals surface area contributed by atoms with Gasteiger partial charge in [-0.2, -0.15) is 5.10 Å². The van der Waals surface area contributed by atoms with E-state index in [2.05, 4.69) is 31.7 Å². The number of hydrogen-bond acceptors (Lipinski definition) is 26. The number of aliphatic hydroxyl groups excluding tert-OH is 2. The Kier molecular flexibility index (Phi) is 26.3. The van der Waals surface area contributed by atoms with Gasteiger partial charge in [-0.25, -0.2) is 0 Å². The lowest BCUT2D eigenvalue weighted by Gasteiger charge is -2.43. The van der Waals surface area contributed by atoms with E-state index in [0.717, 1.165) is 9.80 Å². The molecule has 6 atom stereocenters. The molecule has 0 saturated carbocycles. The number of amides is 2. The fourth-order valence-electron chi connectivity index (χ4n) is 10.4. The maximum absolute atomic E-state index is 14.2. The molecule has 2 amide bonds. The number of carbonyl (C=O) groups is 6. The molecule has 0 spiro atoms. The standard InChI is InChI=1S/C55H74N10O24P2S2/c1-29-48(73)35(56)18-43(88-29)89-37-20-54(78,19-34-45(37)52(77)47-46(50(34)75)49(74)33-9-5-10-36(86-3)44(33)51(47)76)38(28-66)57-22-32(92)23-58-39(67)24-64(26-41(69)70)14-15-65(27-42(71)72)25-40(68)60-62-53(93)61-59-21-30-7-4-8-31(17-30)87-16-6-12-63(2)13-11-55(79,90(80,81)82)91(83,84)85/h4-5,7-10,17,21,29,35,37,43,48,66,73,75,77-79H,6,11-16,18-20,22-28,56H2,1-3H3,(H,58,67)(H,60,68)(H,69,70)(H,71,72)(H2,61,62,93)(H2,80,81,82)(H2,83,84,85)/b57-38?,59-21+/t29-,35-,37-,43-,48+,54-/m0/s1. The summed E-state index contributed by atoms with van der Waals surface area (Å²) in [7, 11) is -8.36. The Hall–Kier alpha value is -6.90. The minimum Gasteiger partial charge on any atom is -0.507 e. The highest BCUT2D eigenvalue weighted by atomic mass is 32.1. The number of aliphatic hydroxyl groups is 4. The predicted molar refractivity (Wildman–Crippen MR) is 335 cm³/mol. The zero-order chi connectivity index (χ0) is 68.9. The molecule has 0 bridgehead atoms. The summed E-state index contributed by atoms with van der Waals surface area (Å²) in [5.74, 6) is -6.99. The normalized spacial score (nSPS) is 20.0. The predicted octanol–water partition coefficient (Wildman–Crippen LogP) is -2.25. The highest BCUT2D eigenvalue weighted by Crippen LogP contribution is 2.69. The Labute approximate surface area is 541 Å². The summed E-state index contributed by atoms with van der Waals surface area (Å²) in [6.07, 6.45) is -4.97. The number of hydrazine groups is 1. The van der Waals surface area contributed by atoms with Crippen LogP contribution in [0.25, 0.3) is 0 Å². The summed E-state index contributed by atoms with van der Waals surface area (Å²) in [6, 6.07) is 9.98. The zero-order valence-electron chi connectivity index (χ0n) is 50.3. The van der Waals surface area contributed by atoms with Crippen LogP contribution in [-0.4, -0.2) is 260 Å². The van der Waals surface area contributed by atoms with E-state index in [0.29, 0.717) is 17.7 Å². The summed E-state index contributed by atoms with van der Waals surface area (Å²) >= 11 is 10.6. The summed E-state index contributed by atoms with van der Waals surface area (Å²) in [5.41, 5.74) is 9.51. The Morgan fingerprint density at radius 2 is 1.53 bits per heavy atom. The molecule has 6 rings (SSSR count). The van der Waals surface area contributed by atoms with Gasteiger partial charge in [-0.15, -0.1) is 0 Å². The topological polar surface area (TPSA) is 525 Å². The van der Waals surface area contributed by atoms with Crippen LogP contribution < -0.4 is 36.8 Å². The van der Waals surface area contributed by atoms with Crippen molar-refractivity contribution in [3.8, 4) is 23.0 Å². The van der Waals surface area contributed by atoms with Gasteiger partial charge in [-0.1, -0.05) is 36.5 Å². The van der Waals surface area contributed by atoms with E-state index in [1.165, 1.54) is 50.4 Å². The number of thiocarbonyl (C=S) groups is 2. The Morgan fingerprint density at radius 3 is 2.14 bits per heavy atom. The lowest BCUT2D eigenvalue weighted by Crippen LogP contribution is -2.53. The molecule has 0 unspecified atom stereocenters. The van der Waals surface area contributed by atoms with Gasteiger partial charge in [-0.05, 0) is 56.4 Å². The molecule has 3 aromatic rings. The maximum atomic E-state index is 14.2. The maximum Gasteiger partial charge on any atom is 0.369 e. The smallest absolute Gasteiger partial charge is 0.369 e. The van der Waals surface area contributed by atoms with E-state index >= 15 is 0 Å². The van der Waals surface area contributed by atoms with Gasteiger partial charge >= 0.3 is 27.1 Å². The van der Waals surface area contributed by atoms with Crippen molar-refractivity contribution in [3.63, 3.8) is 0 Å². The van der Waals surface area contributed by atoms with Crippen molar-refractivity contribution in [1.29, 1.82) is 0 Å². The third-order valence-corrected chi connectivity index (χ3v) is 19.6. The van der Waals surface area contributed by atoms with Crippen molar-refractivity contribution in [2.45, 2.75) is 80.4 Å². The molecule has 18 N–H and O–H groups in total. The number of hydrogen-bond donors (Lipinski definition) is 17.